The van der Waals surface area contributed by atoms with Crippen molar-refractivity contribution in [2.24, 2.45) is 0 Å². The number of fused-ring (bicyclic) bond motifs is 1. The van der Waals surface area contributed by atoms with Crippen LogP contribution < -0.4 is 0 Å². The van der Waals surface area contributed by atoms with Crippen LogP contribution in [0.25, 0.3) is 10.8 Å². The minimum absolute atomic E-state index is 1.20. The van der Waals surface area contributed by atoms with Gasteiger partial charge in [0, 0.05) is 12.4 Å². The third-order valence-electron chi connectivity index (χ3n) is 1.69. The van der Waals surface area contributed by atoms with E-state index in [2.05, 4.69) is 17.1 Å². The van der Waals surface area contributed by atoms with Crippen molar-refractivity contribution < 1.29 is 17.4 Å². The van der Waals surface area contributed by atoms with Crippen molar-refractivity contribution >= 4 is 20.9 Å². The summed E-state index contributed by atoms with van der Waals surface area (Å²) < 4.78 is 36.4. The molecule has 0 fully saturated rings. The Morgan fingerprint density at radius 3 is 2.25 bits per heavy atom. The first-order valence-corrected chi connectivity index (χ1v) is 5.94. The molecule has 2 rings (SSSR count). The topological polar surface area (TPSA) is 67.3 Å². The van der Waals surface area contributed by atoms with E-state index in [0.717, 1.165) is 0 Å². The maximum Gasteiger partial charge on any atom is 0.294 e. The van der Waals surface area contributed by atoms with Crippen LogP contribution in [0.5, 0.6) is 0 Å². The highest BCUT2D eigenvalue weighted by atomic mass is 32.2. The largest absolute Gasteiger partial charge is 0.294 e. The van der Waals surface area contributed by atoms with Crippen LogP contribution in [0.4, 0.5) is 4.39 Å². The molecular weight excluding hydrogens is 233 g/mol. The van der Waals surface area contributed by atoms with Gasteiger partial charge in [0.25, 0.3) is 10.1 Å². The van der Waals surface area contributed by atoms with Crippen LogP contribution in [0.1, 0.15) is 0 Å². The fourth-order valence-electron chi connectivity index (χ4n) is 1.03. The molecule has 0 aliphatic heterocycles. The molecule has 0 spiro atoms. The Labute approximate surface area is 92.5 Å². The molecule has 0 atom stereocenters. The Balaban J connectivity index is 0.000000187. The zero-order valence-corrected chi connectivity index (χ0v) is 9.06. The lowest BCUT2D eigenvalue weighted by molar-refractivity contribution is 0.447. The van der Waals surface area contributed by atoms with Gasteiger partial charge in [-0.2, -0.15) is 8.42 Å². The van der Waals surface area contributed by atoms with Gasteiger partial charge >= 0.3 is 0 Å². The van der Waals surface area contributed by atoms with Crippen LogP contribution in [0.15, 0.2) is 42.7 Å². The van der Waals surface area contributed by atoms with E-state index < -0.39 is 16.1 Å². The quantitative estimate of drug-likeness (QED) is 0.778. The predicted octanol–water partition coefficient (Wildman–Crippen LogP) is 2.04. The minimum Gasteiger partial charge on any atom is -0.284 e. The lowest BCUT2D eigenvalue weighted by Gasteiger charge is -1.91. The Kier molecular flexibility index (Phi) is 4.33. The van der Waals surface area contributed by atoms with E-state index in [1.54, 1.807) is 0 Å². The minimum atomic E-state index is -4.33. The summed E-state index contributed by atoms with van der Waals surface area (Å²) in [5.41, 5.74) is 0. The maximum atomic E-state index is 10.7. The second kappa shape index (κ2) is 5.53. The van der Waals surface area contributed by atoms with Gasteiger partial charge in [-0.05, 0) is 16.8 Å². The summed E-state index contributed by atoms with van der Waals surface area (Å²) in [4.78, 5) is 4.01. The SMILES string of the molecule is O=S(=O)(O)CF.c1ccc2cnccc2c1. The Morgan fingerprint density at radius 2 is 1.75 bits per heavy atom. The molecule has 6 heteroatoms. The molecule has 1 heterocycles. The van der Waals surface area contributed by atoms with Crippen molar-refractivity contribution in [3.8, 4) is 0 Å². The Bertz CT molecular complexity index is 491. The second-order valence-corrected chi connectivity index (χ2v) is 4.30. The molecule has 0 aliphatic carbocycles. The van der Waals surface area contributed by atoms with Gasteiger partial charge in [0.15, 0.2) is 0 Å². The number of aromatic nitrogens is 1. The van der Waals surface area contributed by atoms with E-state index in [0.29, 0.717) is 0 Å². The third kappa shape index (κ3) is 4.33. The molecule has 0 amide bonds. The smallest absolute Gasteiger partial charge is 0.284 e. The van der Waals surface area contributed by atoms with Crippen LogP contribution in [0.2, 0.25) is 0 Å². The molecule has 1 N–H and O–H groups in total. The number of pyridine rings is 1. The van der Waals surface area contributed by atoms with E-state index in [9.17, 15) is 12.8 Å². The molecular formula is C10H10FNO3S. The molecule has 0 aliphatic rings. The lowest BCUT2D eigenvalue weighted by Crippen LogP contribution is -1.96. The highest BCUT2D eigenvalue weighted by Gasteiger charge is 1.97. The van der Waals surface area contributed by atoms with Crippen LogP contribution >= 0.6 is 0 Å². The summed E-state index contributed by atoms with van der Waals surface area (Å²) in [7, 11) is -4.33. The number of rotatable bonds is 1. The number of alkyl halides is 1. The molecule has 0 saturated carbocycles. The van der Waals surface area contributed by atoms with Gasteiger partial charge in [-0.25, -0.2) is 4.39 Å². The van der Waals surface area contributed by atoms with E-state index in [4.69, 9.17) is 4.55 Å². The lowest BCUT2D eigenvalue weighted by atomic mass is 10.2. The van der Waals surface area contributed by atoms with E-state index in [-0.39, 0.29) is 0 Å². The van der Waals surface area contributed by atoms with Crippen LogP contribution in [-0.4, -0.2) is 24.0 Å². The predicted molar refractivity (Wildman–Crippen MR) is 59.3 cm³/mol. The second-order valence-electron chi connectivity index (χ2n) is 2.91. The number of halogens is 1. The van der Waals surface area contributed by atoms with E-state index in [1.807, 2.05) is 30.6 Å². The molecule has 0 saturated heterocycles. The molecule has 1 aromatic carbocycles. The molecule has 1 aromatic heterocycles. The molecule has 16 heavy (non-hydrogen) atoms. The normalized spacial score (nSPS) is 10.6. The Hall–Kier alpha value is -1.53. The van der Waals surface area contributed by atoms with E-state index >= 15 is 0 Å². The standard InChI is InChI=1S/C9H7N.CH3FO3S/c1-2-4-9-7-10-6-5-8(9)3-1;2-1-6(3,4)5/h1-7H;1H2,(H,3,4,5). The zero-order valence-electron chi connectivity index (χ0n) is 8.25. The summed E-state index contributed by atoms with van der Waals surface area (Å²) in [5, 5.41) is 2.45. The molecule has 0 radical (unpaired) electrons. The van der Waals surface area contributed by atoms with E-state index in [1.165, 1.54) is 10.8 Å². The highest BCUT2D eigenvalue weighted by Crippen LogP contribution is 2.09. The number of benzene rings is 1. The van der Waals surface area contributed by atoms with Crippen LogP contribution in [0.3, 0.4) is 0 Å². The number of nitrogens with zero attached hydrogens (tertiary/aromatic N) is 1. The number of hydrogen-bond donors (Lipinski definition) is 1. The average molecular weight is 243 g/mol. The van der Waals surface area contributed by atoms with Gasteiger partial charge in [0.2, 0.25) is 6.01 Å². The summed E-state index contributed by atoms with van der Waals surface area (Å²) in [6, 6.07) is 8.49. The van der Waals surface area contributed by atoms with Crippen molar-refractivity contribution in [3.05, 3.63) is 42.7 Å². The summed E-state index contributed by atoms with van der Waals surface area (Å²) >= 11 is 0. The monoisotopic (exact) mass is 243 g/mol. The maximum absolute atomic E-state index is 10.7. The first-order chi connectivity index (χ1) is 7.53. The average Bonchev–Trinajstić information content (AvgIpc) is 2.29. The zero-order chi connectivity index (χ0) is 12.0. The summed E-state index contributed by atoms with van der Waals surface area (Å²) in [6.07, 6.45) is 3.68. The molecule has 2 aromatic rings. The molecule has 4 nitrogen and oxygen atoms in total. The van der Waals surface area contributed by atoms with Gasteiger partial charge in [0.1, 0.15) is 0 Å². The van der Waals surface area contributed by atoms with Crippen molar-refractivity contribution in [3.63, 3.8) is 0 Å². The third-order valence-corrected chi connectivity index (χ3v) is 1.96. The fourth-order valence-corrected chi connectivity index (χ4v) is 1.03. The first kappa shape index (κ1) is 12.5. The highest BCUT2D eigenvalue weighted by molar-refractivity contribution is 7.85. The van der Waals surface area contributed by atoms with Crippen molar-refractivity contribution in [2.75, 3.05) is 6.01 Å². The van der Waals surface area contributed by atoms with Gasteiger partial charge < -0.3 is 0 Å². The van der Waals surface area contributed by atoms with Crippen LogP contribution in [0, 0.1) is 0 Å². The molecule has 0 unspecified atom stereocenters. The van der Waals surface area contributed by atoms with Crippen LogP contribution in [-0.2, 0) is 10.1 Å². The van der Waals surface area contributed by atoms with Crippen molar-refractivity contribution in [1.29, 1.82) is 0 Å². The number of hydrogen-bond acceptors (Lipinski definition) is 3. The molecule has 86 valence electrons. The Morgan fingerprint density at radius 1 is 1.19 bits per heavy atom. The first-order valence-electron chi connectivity index (χ1n) is 4.33. The van der Waals surface area contributed by atoms with Gasteiger partial charge in [-0.1, -0.05) is 24.3 Å². The van der Waals surface area contributed by atoms with Gasteiger partial charge in [0.05, 0.1) is 0 Å². The van der Waals surface area contributed by atoms with Crippen molar-refractivity contribution in [1.82, 2.24) is 4.98 Å². The fraction of sp³-hybridized carbons (Fsp3) is 0.100. The van der Waals surface area contributed by atoms with Gasteiger partial charge in [-0.3, -0.25) is 9.54 Å². The van der Waals surface area contributed by atoms with Gasteiger partial charge in [-0.15, -0.1) is 0 Å². The molecule has 0 bridgehead atoms. The summed E-state index contributed by atoms with van der Waals surface area (Å²) in [6.45, 7) is 0. The van der Waals surface area contributed by atoms with Crippen molar-refractivity contribution in [2.45, 2.75) is 0 Å². The summed E-state index contributed by atoms with van der Waals surface area (Å²) in [5.74, 6) is 0.